The van der Waals surface area contributed by atoms with Crippen LogP contribution in [0, 0.1) is 0 Å². The topological polar surface area (TPSA) is 103 Å². The van der Waals surface area contributed by atoms with Crippen LogP contribution in [0.15, 0.2) is 48.5 Å². The Morgan fingerprint density at radius 1 is 0.971 bits per heavy atom. The summed E-state index contributed by atoms with van der Waals surface area (Å²) in [4.78, 5) is 12.0. The second-order valence-corrected chi connectivity index (χ2v) is 8.67. The minimum atomic E-state index is 0.525. The van der Waals surface area contributed by atoms with Gasteiger partial charge in [-0.15, -0.1) is 5.10 Å². The molecule has 1 saturated heterocycles. The Kier molecular flexibility index (Phi) is 6.67. The average molecular weight is 474 g/mol. The molecule has 5 rings (SSSR count). The van der Waals surface area contributed by atoms with E-state index in [9.17, 15) is 0 Å². The Morgan fingerprint density at radius 3 is 2.49 bits per heavy atom. The lowest BCUT2D eigenvalue weighted by Gasteiger charge is -2.15. The number of hydrogen-bond acceptors (Lipinski definition) is 8. The molecule has 0 radical (unpaired) electrons. The molecule has 182 valence electrons. The second-order valence-electron chi connectivity index (χ2n) is 8.67. The maximum absolute atomic E-state index is 6.62. The number of nitrogen functional groups attached to an aromatic ring is 1. The van der Waals surface area contributed by atoms with Gasteiger partial charge in [0.25, 0.3) is 0 Å². The number of rotatable bonds is 9. The summed E-state index contributed by atoms with van der Waals surface area (Å²) < 4.78 is 12.7. The van der Waals surface area contributed by atoms with Gasteiger partial charge in [-0.25, -0.2) is 9.67 Å². The summed E-state index contributed by atoms with van der Waals surface area (Å²) >= 11 is 0. The van der Waals surface area contributed by atoms with Crippen LogP contribution in [-0.2, 0) is 6.54 Å². The molecule has 0 spiro atoms. The minimum absolute atomic E-state index is 0.525. The number of nitrogens with one attached hydrogen (secondary N) is 1. The Labute approximate surface area is 204 Å². The fourth-order valence-corrected chi connectivity index (χ4v) is 4.53. The summed E-state index contributed by atoms with van der Waals surface area (Å²) in [7, 11) is 3.24. The molecule has 0 atom stereocenters. The highest BCUT2D eigenvalue weighted by Crippen LogP contribution is 2.36. The minimum Gasteiger partial charge on any atom is -0.493 e. The highest BCUT2D eigenvalue weighted by atomic mass is 16.5. The predicted molar refractivity (Wildman–Crippen MR) is 138 cm³/mol. The summed E-state index contributed by atoms with van der Waals surface area (Å²) in [5, 5.41) is 8.86. The van der Waals surface area contributed by atoms with Crippen molar-refractivity contribution in [3.63, 3.8) is 0 Å². The van der Waals surface area contributed by atoms with Crippen LogP contribution >= 0.6 is 0 Å². The first kappa shape index (κ1) is 22.9. The van der Waals surface area contributed by atoms with E-state index in [1.54, 1.807) is 18.9 Å². The molecule has 0 aliphatic carbocycles. The number of nitrogens with zero attached hydrogens (tertiary/aromatic N) is 5. The highest BCUT2D eigenvalue weighted by molar-refractivity contribution is 5.99. The molecule has 1 fully saturated rings. The molecule has 3 N–H and O–H groups in total. The lowest BCUT2D eigenvalue weighted by molar-refractivity contribution is 0.352. The number of aromatic nitrogens is 4. The van der Waals surface area contributed by atoms with Crippen molar-refractivity contribution < 1.29 is 9.47 Å². The van der Waals surface area contributed by atoms with Crippen LogP contribution in [0.5, 0.6) is 11.5 Å². The molecule has 2 aromatic heterocycles. The van der Waals surface area contributed by atoms with E-state index in [4.69, 9.17) is 30.3 Å². The van der Waals surface area contributed by atoms with Gasteiger partial charge in [0.2, 0.25) is 5.95 Å². The van der Waals surface area contributed by atoms with E-state index in [-0.39, 0.29) is 0 Å². The second kappa shape index (κ2) is 10.2. The third-order valence-corrected chi connectivity index (χ3v) is 6.38. The molecule has 4 aromatic rings. The largest absolute Gasteiger partial charge is 0.493 e. The van der Waals surface area contributed by atoms with Gasteiger partial charge in [-0.2, -0.15) is 4.98 Å². The van der Waals surface area contributed by atoms with Gasteiger partial charge < -0.3 is 25.4 Å². The van der Waals surface area contributed by atoms with E-state index in [1.807, 2.05) is 36.4 Å². The Bertz CT molecular complexity index is 1300. The lowest BCUT2D eigenvalue weighted by atomic mass is 10.1. The van der Waals surface area contributed by atoms with Crippen LogP contribution in [0.2, 0.25) is 0 Å². The molecule has 0 bridgehead atoms. The van der Waals surface area contributed by atoms with Gasteiger partial charge in [-0.05, 0) is 49.7 Å². The van der Waals surface area contributed by atoms with E-state index < -0.39 is 0 Å². The molecule has 1 aliphatic rings. The number of ether oxygens (including phenoxy) is 2. The predicted octanol–water partition coefficient (Wildman–Crippen LogP) is 3.65. The zero-order valence-corrected chi connectivity index (χ0v) is 20.2. The summed E-state index contributed by atoms with van der Waals surface area (Å²) in [6.45, 7) is 4.57. The quantitative estimate of drug-likeness (QED) is 0.380. The zero-order valence-electron chi connectivity index (χ0n) is 20.2. The normalized spacial score (nSPS) is 13.9. The van der Waals surface area contributed by atoms with E-state index in [2.05, 4.69) is 22.3 Å². The SMILES string of the molecule is COc1ccc(-c2nc(NCCN3CCCC3)nc3nn(Cc4ccccc4)c(N)c23)cc1OC. The summed E-state index contributed by atoms with van der Waals surface area (Å²) in [5.41, 5.74) is 9.84. The monoisotopic (exact) mass is 473 g/mol. The van der Waals surface area contributed by atoms with Gasteiger partial charge in [0.05, 0.1) is 31.8 Å². The number of anilines is 2. The fourth-order valence-electron chi connectivity index (χ4n) is 4.53. The van der Waals surface area contributed by atoms with Crippen molar-refractivity contribution in [1.29, 1.82) is 0 Å². The Hall–Kier alpha value is -3.85. The third kappa shape index (κ3) is 4.85. The van der Waals surface area contributed by atoms with Gasteiger partial charge in [0.1, 0.15) is 5.82 Å². The van der Waals surface area contributed by atoms with Crippen LogP contribution in [-0.4, -0.2) is 65.0 Å². The van der Waals surface area contributed by atoms with Crippen molar-refractivity contribution >= 4 is 22.8 Å². The van der Waals surface area contributed by atoms with E-state index >= 15 is 0 Å². The van der Waals surface area contributed by atoms with Gasteiger partial charge in [0, 0.05) is 18.7 Å². The number of fused-ring (bicyclic) bond motifs is 1. The fraction of sp³-hybridized carbons (Fsp3) is 0.346. The van der Waals surface area contributed by atoms with Crippen molar-refractivity contribution in [2.24, 2.45) is 0 Å². The molecule has 0 amide bonds. The first-order valence-electron chi connectivity index (χ1n) is 11.9. The van der Waals surface area contributed by atoms with E-state index in [0.29, 0.717) is 41.2 Å². The Balaban J connectivity index is 1.55. The average Bonchev–Trinajstić information content (AvgIpc) is 3.52. The summed E-state index contributed by atoms with van der Waals surface area (Å²) in [6, 6.07) is 15.8. The summed E-state index contributed by atoms with van der Waals surface area (Å²) in [6.07, 6.45) is 2.54. The number of methoxy groups -OCH3 is 2. The van der Waals surface area contributed by atoms with Crippen molar-refractivity contribution in [3.05, 3.63) is 54.1 Å². The molecule has 2 aromatic carbocycles. The first-order chi connectivity index (χ1) is 17.2. The zero-order chi connectivity index (χ0) is 24.2. The van der Waals surface area contributed by atoms with Crippen molar-refractivity contribution in [1.82, 2.24) is 24.6 Å². The molecule has 35 heavy (non-hydrogen) atoms. The Morgan fingerprint density at radius 2 is 1.74 bits per heavy atom. The summed E-state index contributed by atoms with van der Waals surface area (Å²) in [5.74, 6) is 2.33. The molecule has 0 unspecified atom stereocenters. The number of hydrogen-bond donors (Lipinski definition) is 2. The van der Waals surface area contributed by atoms with Gasteiger partial charge in [-0.1, -0.05) is 30.3 Å². The van der Waals surface area contributed by atoms with Crippen molar-refractivity contribution in [2.75, 3.05) is 51.4 Å². The first-order valence-corrected chi connectivity index (χ1v) is 11.9. The number of likely N-dealkylation sites (tertiary alicyclic amines) is 1. The van der Waals surface area contributed by atoms with Crippen LogP contribution in [0.1, 0.15) is 18.4 Å². The molecule has 9 heteroatoms. The number of nitrogens with two attached hydrogens (primary N) is 1. The molecule has 9 nitrogen and oxygen atoms in total. The van der Waals surface area contributed by atoms with Crippen LogP contribution in [0.4, 0.5) is 11.8 Å². The molecular weight excluding hydrogens is 442 g/mol. The number of benzene rings is 2. The van der Waals surface area contributed by atoms with Gasteiger partial charge in [0.15, 0.2) is 17.1 Å². The highest BCUT2D eigenvalue weighted by Gasteiger charge is 2.20. The molecular formula is C26H31N7O2. The van der Waals surface area contributed by atoms with Gasteiger partial charge in [-0.3, -0.25) is 0 Å². The van der Waals surface area contributed by atoms with Crippen molar-refractivity contribution in [2.45, 2.75) is 19.4 Å². The van der Waals surface area contributed by atoms with Crippen molar-refractivity contribution in [3.8, 4) is 22.8 Å². The molecule has 1 aliphatic heterocycles. The van der Waals surface area contributed by atoms with Crippen LogP contribution in [0.3, 0.4) is 0 Å². The standard InChI is InChI=1S/C26H31N7O2/c1-34-20-11-10-19(16-21(20)35-2)23-22-24(27)33(17-18-8-4-3-5-9-18)31-25(22)30-26(29-23)28-12-15-32-13-6-7-14-32/h3-5,8-11,16H,6-7,12-15,17,27H2,1-2H3,(H,28,30,31). The van der Waals surface area contributed by atoms with E-state index in [1.165, 1.54) is 12.8 Å². The van der Waals surface area contributed by atoms with Gasteiger partial charge >= 0.3 is 0 Å². The third-order valence-electron chi connectivity index (χ3n) is 6.38. The van der Waals surface area contributed by atoms with E-state index in [0.717, 1.165) is 42.7 Å². The maximum Gasteiger partial charge on any atom is 0.225 e. The smallest absolute Gasteiger partial charge is 0.225 e. The molecule has 3 heterocycles. The lowest BCUT2D eigenvalue weighted by Crippen LogP contribution is -2.26. The van der Waals surface area contributed by atoms with Crippen LogP contribution < -0.4 is 20.5 Å². The molecule has 0 saturated carbocycles. The maximum atomic E-state index is 6.62. The van der Waals surface area contributed by atoms with Crippen LogP contribution in [0.25, 0.3) is 22.3 Å².